The van der Waals surface area contributed by atoms with Crippen molar-refractivity contribution in [3.63, 3.8) is 0 Å². The summed E-state index contributed by atoms with van der Waals surface area (Å²) in [7, 11) is 0. The zero-order valence-corrected chi connectivity index (χ0v) is 20.2. The van der Waals surface area contributed by atoms with Crippen LogP contribution in [0.15, 0.2) is 48.6 Å². The van der Waals surface area contributed by atoms with Gasteiger partial charge in [0.1, 0.15) is 6.04 Å². The van der Waals surface area contributed by atoms with Crippen LogP contribution in [-0.4, -0.2) is 70.1 Å². The number of esters is 1. The number of amides is 2. The number of anilines is 1. The minimum Gasteiger partial charge on any atom is -0.465 e. The molecule has 5 atom stereocenters. The van der Waals surface area contributed by atoms with Crippen molar-refractivity contribution in [2.45, 2.75) is 35.3 Å². The van der Waals surface area contributed by atoms with Crippen molar-refractivity contribution >= 4 is 46.8 Å². The lowest BCUT2D eigenvalue weighted by Crippen LogP contribution is -2.53. The van der Waals surface area contributed by atoms with E-state index in [2.05, 4.69) is 6.08 Å². The van der Waals surface area contributed by atoms with Crippen LogP contribution in [0.1, 0.15) is 19.3 Å². The average Bonchev–Trinajstić information content (AvgIpc) is 3.20. The van der Waals surface area contributed by atoms with Gasteiger partial charge < -0.3 is 19.6 Å². The van der Waals surface area contributed by atoms with Crippen molar-refractivity contribution in [3.05, 3.63) is 53.6 Å². The summed E-state index contributed by atoms with van der Waals surface area (Å²) in [5.41, 5.74) is 0.678. The largest absolute Gasteiger partial charge is 0.465 e. The second-order valence-electron chi connectivity index (χ2n) is 9.02. The Hall–Kier alpha value is -2.29. The maximum Gasteiger partial charge on any atom is 0.311 e. The molecule has 0 saturated carbocycles. The molecule has 0 bridgehead atoms. The molecule has 2 saturated heterocycles. The monoisotopic (exact) mass is 502 g/mol. The first-order valence-electron chi connectivity index (χ1n) is 11.6. The van der Waals surface area contributed by atoms with Gasteiger partial charge in [-0.15, -0.1) is 11.8 Å². The molecule has 1 unspecified atom stereocenters. The van der Waals surface area contributed by atoms with E-state index in [9.17, 15) is 19.5 Å². The molecule has 1 N–H and O–H groups in total. The molecule has 4 heterocycles. The number of aliphatic hydroxyl groups is 1. The number of carbonyl (C=O) groups excluding carboxylic acids is 3. The van der Waals surface area contributed by atoms with Gasteiger partial charge in [-0.25, -0.2) is 0 Å². The van der Waals surface area contributed by atoms with E-state index >= 15 is 0 Å². The number of likely N-dealkylation sites (tertiary alicyclic amines) is 1. The molecule has 0 aliphatic carbocycles. The van der Waals surface area contributed by atoms with E-state index in [1.807, 2.05) is 18.2 Å². The summed E-state index contributed by atoms with van der Waals surface area (Å²) in [6, 6.07) is 6.16. The number of hydrogen-bond donors (Lipinski definition) is 1. The molecule has 2 fully saturated rings. The highest BCUT2D eigenvalue weighted by Gasteiger charge is 2.70. The van der Waals surface area contributed by atoms with Gasteiger partial charge in [-0.05, 0) is 43.5 Å². The molecule has 34 heavy (non-hydrogen) atoms. The zero-order valence-electron chi connectivity index (χ0n) is 18.6. The quantitative estimate of drug-likeness (QED) is 0.505. The average molecular weight is 503 g/mol. The highest BCUT2D eigenvalue weighted by atomic mass is 35.5. The smallest absolute Gasteiger partial charge is 0.311 e. The number of cyclic esters (lactones) is 1. The summed E-state index contributed by atoms with van der Waals surface area (Å²) in [5, 5.41) is 10.0. The molecule has 9 heteroatoms. The summed E-state index contributed by atoms with van der Waals surface area (Å²) in [6.07, 6.45) is 10.5. The number of hydrogen-bond acceptors (Lipinski definition) is 6. The van der Waals surface area contributed by atoms with Crippen LogP contribution >= 0.6 is 23.4 Å². The fourth-order valence-corrected chi connectivity index (χ4v) is 7.74. The number of carbonyl (C=O) groups is 3. The van der Waals surface area contributed by atoms with Gasteiger partial charge in [0.15, 0.2) is 0 Å². The van der Waals surface area contributed by atoms with E-state index in [-0.39, 0.29) is 36.2 Å². The Morgan fingerprint density at radius 1 is 1.12 bits per heavy atom. The van der Waals surface area contributed by atoms with Gasteiger partial charge >= 0.3 is 5.97 Å². The van der Waals surface area contributed by atoms with Crippen molar-refractivity contribution in [1.29, 1.82) is 0 Å². The predicted molar refractivity (Wildman–Crippen MR) is 131 cm³/mol. The van der Waals surface area contributed by atoms with E-state index in [1.54, 1.807) is 29.2 Å². The van der Waals surface area contributed by atoms with Crippen LogP contribution in [-0.2, 0) is 19.1 Å². The lowest BCUT2D eigenvalue weighted by molar-refractivity contribution is -0.153. The Morgan fingerprint density at radius 2 is 1.91 bits per heavy atom. The van der Waals surface area contributed by atoms with Crippen LogP contribution in [0, 0.1) is 11.8 Å². The second-order valence-corrected chi connectivity index (χ2v) is 10.9. The molecule has 4 aliphatic rings. The molecule has 5 rings (SSSR count). The molecule has 1 aromatic carbocycles. The van der Waals surface area contributed by atoms with Crippen LogP contribution in [0.3, 0.4) is 0 Å². The van der Waals surface area contributed by atoms with E-state index in [0.29, 0.717) is 23.9 Å². The first kappa shape index (κ1) is 23.5. The Kier molecular flexibility index (Phi) is 6.48. The van der Waals surface area contributed by atoms with Crippen molar-refractivity contribution < 1.29 is 24.2 Å². The molecule has 0 aromatic heterocycles. The van der Waals surface area contributed by atoms with Crippen LogP contribution < -0.4 is 4.90 Å². The summed E-state index contributed by atoms with van der Waals surface area (Å²) in [4.78, 5) is 44.1. The molecule has 2 amide bonds. The van der Waals surface area contributed by atoms with Crippen LogP contribution in [0.2, 0.25) is 5.02 Å². The maximum atomic E-state index is 14.0. The molecule has 180 valence electrons. The third kappa shape index (κ3) is 3.76. The fourth-order valence-electron chi connectivity index (χ4n) is 5.62. The van der Waals surface area contributed by atoms with Gasteiger partial charge in [0.25, 0.3) is 5.91 Å². The second kappa shape index (κ2) is 9.40. The first-order valence-corrected chi connectivity index (χ1v) is 12.9. The van der Waals surface area contributed by atoms with Crippen molar-refractivity contribution in [2.24, 2.45) is 11.8 Å². The Morgan fingerprint density at radius 3 is 2.68 bits per heavy atom. The Bertz CT molecular complexity index is 1040. The van der Waals surface area contributed by atoms with Gasteiger partial charge in [0, 0.05) is 29.0 Å². The van der Waals surface area contributed by atoms with Gasteiger partial charge in [0.2, 0.25) is 5.91 Å². The SMILES string of the molecule is O=C1OCCCC/C=C\[C@H]2S[C@]34C=CCN(c5ccc(Cl)cc5)C(=O)C3N(CCO)C(=O)[C@@H]4[C@@H]12. The van der Waals surface area contributed by atoms with Crippen molar-refractivity contribution in [2.75, 3.05) is 31.2 Å². The number of β-amino-alcohol motifs (C(OH)–C–C–N with tert-alkyl or cyclic N) is 1. The number of rotatable bonds is 3. The minimum atomic E-state index is -0.919. The number of benzene rings is 1. The van der Waals surface area contributed by atoms with Crippen LogP contribution in [0.5, 0.6) is 0 Å². The molecule has 0 radical (unpaired) electrons. The normalized spacial score (nSPS) is 34.2. The summed E-state index contributed by atoms with van der Waals surface area (Å²) in [5.74, 6) is -2.32. The number of thioether (sulfide) groups is 1. The Labute approximate surface area is 207 Å². The highest BCUT2D eigenvalue weighted by molar-refractivity contribution is 8.02. The number of allylic oxidation sites excluding steroid dienone is 1. The summed E-state index contributed by atoms with van der Waals surface area (Å²) >= 11 is 7.55. The van der Waals surface area contributed by atoms with Gasteiger partial charge in [-0.2, -0.15) is 0 Å². The topological polar surface area (TPSA) is 87.2 Å². The number of halogens is 1. The third-order valence-corrected chi connectivity index (χ3v) is 9.08. The summed E-state index contributed by atoms with van der Waals surface area (Å²) in [6.45, 7) is 0.421. The molecule has 1 aromatic rings. The summed E-state index contributed by atoms with van der Waals surface area (Å²) < 4.78 is 4.66. The highest BCUT2D eigenvalue weighted by Crippen LogP contribution is 2.60. The predicted octanol–water partition coefficient (Wildman–Crippen LogP) is 2.82. The number of fused-ring (bicyclic) bond motifs is 2. The lowest BCUT2D eigenvalue weighted by Gasteiger charge is -2.35. The number of aliphatic hydroxyl groups excluding tert-OH is 1. The third-order valence-electron chi connectivity index (χ3n) is 7.08. The number of ether oxygens (including phenoxy) is 1. The van der Waals surface area contributed by atoms with Gasteiger partial charge in [-0.1, -0.05) is 35.9 Å². The van der Waals surface area contributed by atoms with Crippen molar-refractivity contribution in [3.8, 4) is 0 Å². The Balaban J connectivity index is 1.59. The van der Waals surface area contributed by atoms with E-state index in [0.717, 1.165) is 19.3 Å². The van der Waals surface area contributed by atoms with Crippen LogP contribution in [0.25, 0.3) is 0 Å². The van der Waals surface area contributed by atoms with E-state index in [1.165, 1.54) is 16.7 Å². The van der Waals surface area contributed by atoms with Gasteiger partial charge in [0.05, 0.1) is 29.8 Å². The standard InChI is InChI=1S/C25H27ClN2O5S/c26-16-7-9-17(10-8-16)27-12-5-11-25-20(22(30)28(13-14-29)21(25)23(27)31)19-18(34-25)6-3-1-2-4-15-33-24(19)32/h3,5-11,18-21,29H,1-2,4,12-15H2/b6-3-/t18-,19+,20+,21?,25+/m1/s1. The minimum absolute atomic E-state index is 0.0264. The first-order chi connectivity index (χ1) is 16.5. The fraction of sp³-hybridized carbons (Fsp3) is 0.480. The van der Waals surface area contributed by atoms with Crippen LogP contribution in [0.4, 0.5) is 5.69 Å². The molecule has 7 nitrogen and oxygen atoms in total. The van der Waals surface area contributed by atoms with E-state index in [4.69, 9.17) is 16.3 Å². The number of nitrogens with zero attached hydrogens (tertiary/aromatic N) is 2. The molecular weight excluding hydrogens is 476 g/mol. The molecule has 1 spiro atoms. The van der Waals surface area contributed by atoms with Gasteiger partial charge in [-0.3, -0.25) is 14.4 Å². The lowest BCUT2D eigenvalue weighted by atomic mass is 9.78. The molecular formula is C25H27ClN2O5S. The maximum absolute atomic E-state index is 14.0. The molecule has 4 aliphatic heterocycles. The van der Waals surface area contributed by atoms with E-state index < -0.39 is 22.6 Å². The van der Waals surface area contributed by atoms with Crippen molar-refractivity contribution in [1.82, 2.24) is 4.90 Å². The zero-order chi connectivity index (χ0) is 23.9.